The Kier molecular flexibility index (Phi) is 5.44. The lowest BCUT2D eigenvalue weighted by molar-refractivity contribution is -0.138. The second kappa shape index (κ2) is 8.40. The summed E-state index contributed by atoms with van der Waals surface area (Å²) in [7, 11) is 0. The van der Waals surface area contributed by atoms with E-state index in [9.17, 15) is 14.0 Å². The Labute approximate surface area is 185 Å². The minimum absolute atomic E-state index is 0.190. The van der Waals surface area contributed by atoms with E-state index >= 15 is 0 Å². The summed E-state index contributed by atoms with van der Waals surface area (Å²) in [5.74, 6) is 0.0505. The Balaban J connectivity index is 1.21. The van der Waals surface area contributed by atoms with E-state index in [1.54, 1.807) is 23.0 Å². The van der Waals surface area contributed by atoms with E-state index < -0.39 is 6.09 Å². The lowest BCUT2D eigenvalue weighted by Gasteiger charge is -2.39. The number of hydrogen-bond donors (Lipinski definition) is 0. The molecule has 0 radical (unpaired) electrons. The minimum Gasteiger partial charge on any atom is -0.442 e. The molecule has 5 rings (SSSR count). The van der Waals surface area contributed by atoms with Crippen LogP contribution >= 0.6 is 0 Å². The highest BCUT2D eigenvalue weighted by molar-refractivity contribution is 5.90. The number of aromatic nitrogens is 3. The molecule has 1 aliphatic carbocycles. The molecule has 3 fully saturated rings. The zero-order valence-electron chi connectivity index (χ0n) is 18.1. The van der Waals surface area contributed by atoms with E-state index in [4.69, 9.17) is 4.74 Å². The number of ether oxygens (including phenoxy) is 1. The monoisotopic (exact) mass is 442 g/mol. The molecular weight excluding hydrogens is 415 g/mol. The maximum atomic E-state index is 15.0. The molecule has 1 aromatic carbocycles. The van der Waals surface area contributed by atoms with Crippen molar-refractivity contribution in [3.63, 3.8) is 0 Å². The number of nitrogens with zero attached hydrogens (tertiary/aromatic N) is 6. The average Bonchev–Trinajstić information content (AvgIpc) is 3.31. The summed E-state index contributed by atoms with van der Waals surface area (Å²) in [6.45, 7) is 4.97. The standard InChI is InChI=1S/C22H27FN6O3/c1-15-12-28(25-24-15)13-18-14-29(22(31)32-18)17-5-6-20(19(23)11-17)26-7-9-27(10-8-26)21(30)16-3-2-4-16/h5-6,11-12,16,18H,2-4,7-10,13-14H2,1H3/t18-/m0/s1. The summed E-state index contributed by atoms with van der Waals surface area (Å²) in [6.07, 6.45) is 4.03. The number of carbonyl (C=O) groups is 2. The number of benzene rings is 1. The van der Waals surface area contributed by atoms with Gasteiger partial charge in [0, 0.05) is 38.3 Å². The molecule has 3 heterocycles. The van der Waals surface area contributed by atoms with Crippen molar-refractivity contribution in [2.45, 2.75) is 38.8 Å². The van der Waals surface area contributed by atoms with Crippen LogP contribution in [0.25, 0.3) is 0 Å². The van der Waals surface area contributed by atoms with Crippen LogP contribution < -0.4 is 9.80 Å². The van der Waals surface area contributed by atoms with Crippen LogP contribution in [0.4, 0.5) is 20.6 Å². The predicted octanol–water partition coefficient (Wildman–Crippen LogP) is 2.20. The van der Waals surface area contributed by atoms with Crippen molar-refractivity contribution >= 4 is 23.4 Å². The van der Waals surface area contributed by atoms with E-state index in [2.05, 4.69) is 10.3 Å². The van der Waals surface area contributed by atoms with E-state index in [1.807, 2.05) is 16.7 Å². The fourth-order valence-corrected chi connectivity index (χ4v) is 4.52. The molecule has 0 bridgehead atoms. The van der Waals surface area contributed by atoms with Crippen molar-refractivity contribution in [3.05, 3.63) is 35.9 Å². The maximum absolute atomic E-state index is 15.0. The molecule has 9 nitrogen and oxygen atoms in total. The highest BCUT2D eigenvalue weighted by atomic mass is 19.1. The molecule has 0 N–H and O–H groups in total. The van der Waals surface area contributed by atoms with Crippen LogP contribution in [-0.2, 0) is 16.1 Å². The molecule has 0 unspecified atom stereocenters. The number of aryl methyl sites for hydroxylation is 1. The van der Waals surface area contributed by atoms with Gasteiger partial charge in [-0.2, -0.15) is 0 Å². The van der Waals surface area contributed by atoms with Crippen molar-refractivity contribution in [3.8, 4) is 0 Å². The lowest BCUT2D eigenvalue weighted by atomic mass is 9.84. The third kappa shape index (κ3) is 4.01. The van der Waals surface area contributed by atoms with E-state index in [-0.39, 0.29) is 23.7 Å². The average molecular weight is 442 g/mol. The van der Waals surface area contributed by atoms with Gasteiger partial charge in [-0.25, -0.2) is 13.9 Å². The second-order valence-electron chi connectivity index (χ2n) is 8.77. The van der Waals surface area contributed by atoms with E-state index in [0.29, 0.717) is 50.6 Å². The molecule has 1 atom stereocenters. The van der Waals surface area contributed by atoms with Gasteiger partial charge in [-0.15, -0.1) is 5.10 Å². The topological polar surface area (TPSA) is 83.8 Å². The molecule has 0 spiro atoms. The van der Waals surface area contributed by atoms with Gasteiger partial charge >= 0.3 is 6.09 Å². The van der Waals surface area contributed by atoms with Crippen LogP contribution in [0.3, 0.4) is 0 Å². The van der Waals surface area contributed by atoms with Gasteiger partial charge in [0.15, 0.2) is 0 Å². The summed E-state index contributed by atoms with van der Waals surface area (Å²) in [6, 6.07) is 4.83. The number of rotatable bonds is 5. The first-order chi connectivity index (χ1) is 15.5. The maximum Gasteiger partial charge on any atom is 0.414 e. The molecule has 1 saturated carbocycles. The molecule has 1 aromatic heterocycles. The molecule has 10 heteroatoms. The summed E-state index contributed by atoms with van der Waals surface area (Å²) < 4.78 is 22.0. The van der Waals surface area contributed by atoms with Crippen LogP contribution in [-0.4, -0.2) is 70.7 Å². The van der Waals surface area contributed by atoms with Gasteiger partial charge < -0.3 is 14.5 Å². The quantitative estimate of drug-likeness (QED) is 0.706. The highest BCUT2D eigenvalue weighted by Crippen LogP contribution is 2.31. The number of anilines is 2. The molecule has 2 aromatic rings. The van der Waals surface area contributed by atoms with Crippen molar-refractivity contribution in [2.24, 2.45) is 5.92 Å². The Morgan fingerprint density at radius 1 is 1.22 bits per heavy atom. The van der Waals surface area contributed by atoms with Crippen LogP contribution in [0.5, 0.6) is 0 Å². The Bertz CT molecular complexity index is 1010. The first-order valence-electron chi connectivity index (χ1n) is 11.2. The SMILES string of the molecule is Cc1cn(C[C@H]2CN(c3ccc(N4CCN(C(=O)C5CCC5)CC4)c(F)c3)C(=O)O2)nn1. The third-order valence-electron chi connectivity index (χ3n) is 6.55. The summed E-state index contributed by atoms with van der Waals surface area (Å²) in [4.78, 5) is 30.1. The van der Waals surface area contributed by atoms with Crippen molar-refractivity contribution in [1.82, 2.24) is 19.9 Å². The number of amides is 2. The number of hydrogen-bond acceptors (Lipinski definition) is 6. The summed E-state index contributed by atoms with van der Waals surface area (Å²) in [5.41, 5.74) is 1.75. The molecule has 2 aliphatic heterocycles. The normalized spacial score (nSPS) is 21.6. The number of halogens is 1. The lowest BCUT2D eigenvalue weighted by Crippen LogP contribution is -2.51. The summed E-state index contributed by atoms with van der Waals surface area (Å²) in [5, 5.41) is 7.91. The number of piperazine rings is 1. The molecule has 32 heavy (non-hydrogen) atoms. The van der Waals surface area contributed by atoms with Gasteiger partial charge in [0.1, 0.15) is 11.9 Å². The number of carbonyl (C=O) groups excluding carboxylic acids is 2. The Hall–Kier alpha value is -3.17. The van der Waals surface area contributed by atoms with Crippen molar-refractivity contribution in [1.29, 1.82) is 0 Å². The van der Waals surface area contributed by atoms with E-state index in [0.717, 1.165) is 25.0 Å². The van der Waals surface area contributed by atoms with E-state index in [1.165, 1.54) is 11.0 Å². The molecule has 2 amide bonds. The Morgan fingerprint density at radius 3 is 2.62 bits per heavy atom. The predicted molar refractivity (Wildman–Crippen MR) is 115 cm³/mol. The van der Waals surface area contributed by atoms with Crippen LogP contribution in [0.1, 0.15) is 25.0 Å². The van der Waals surface area contributed by atoms with Gasteiger partial charge in [0.25, 0.3) is 0 Å². The first kappa shape index (κ1) is 20.7. The van der Waals surface area contributed by atoms with Crippen LogP contribution in [0, 0.1) is 18.7 Å². The van der Waals surface area contributed by atoms with Gasteiger partial charge in [-0.1, -0.05) is 11.6 Å². The third-order valence-corrected chi connectivity index (χ3v) is 6.55. The minimum atomic E-state index is -0.498. The van der Waals surface area contributed by atoms with Gasteiger partial charge in [0.2, 0.25) is 5.91 Å². The van der Waals surface area contributed by atoms with Crippen molar-refractivity contribution in [2.75, 3.05) is 42.5 Å². The zero-order valence-corrected chi connectivity index (χ0v) is 18.1. The summed E-state index contributed by atoms with van der Waals surface area (Å²) >= 11 is 0. The van der Waals surface area contributed by atoms with Crippen LogP contribution in [0.15, 0.2) is 24.4 Å². The highest BCUT2D eigenvalue weighted by Gasteiger charge is 2.34. The fourth-order valence-electron chi connectivity index (χ4n) is 4.52. The first-order valence-corrected chi connectivity index (χ1v) is 11.2. The zero-order chi connectivity index (χ0) is 22.2. The molecule has 3 aliphatic rings. The molecule has 2 saturated heterocycles. The van der Waals surface area contributed by atoms with Crippen molar-refractivity contribution < 1.29 is 18.7 Å². The smallest absolute Gasteiger partial charge is 0.414 e. The fraction of sp³-hybridized carbons (Fsp3) is 0.545. The van der Waals surface area contributed by atoms with Crippen LogP contribution in [0.2, 0.25) is 0 Å². The van der Waals surface area contributed by atoms with Gasteiger partial charge in [-0.05, 0) is 38.0 Å². The van der Waals surface area contributed by atoms with Gasteiger partial charge in [0.05, 0.1) is 30.2 Å². The second-order valence-corrected chi connectivity index (χ2v) is 8.77. The Morgan fingerprint density at radius 2 is 2.00 bits per heavy atom. The number of cyclic esters (lactones) is 1. The molecular formula is C22H27FN6O3. The molecule has 170 valence electrons. The largest absolute Gasteiger partial charge is 0.442 e. The van der Waals surface area contributed by atoms with Gasteiger partial charge in [-0.3, -0.25) is 9.69 Å².